The molecule has 134 valence electrons. The van der Waals surface area contributed by atoms with Crippen LogP contribution in [-0.2, 0) is 0 Å². The normalized spacial score (nSPS) is 17.1. The van der Waals surface area contributed by atoms with Gasteiger partial charge in [0.25, 0.3) is 5.91 Å². The van der Waals surface area contributed by atoms with E-state index in [-0.39, 0.29) is 5.91 Å². The van der Waals surface area contributed by atoms with Crippen LogP contribution in [0.25, 0.3) is 21.1 Å². The second-order valence-corrected chi connectivity index (χ2v) is 8.37. The number of amides is 1. The topological polar surface area (TPSA) is 33.2 Å². The summed E-state index contributed by atoms with van der Waals surface area (Å²) in [5.41, 5.74) is 3.53. The predicted molar refractivity (Wildman–Crippen MR) is 112 cm³/mol. The Morgan fingerprint density at radius 1 is 1.07 bits per heavy atom. The zero-order valence-corrected chi connectivity index (χ0v) is 16.0. The van der Waals surface area contributed by atoms with Gasteiger partial charge in [-0.2, -0.15) is 0 Å². The summed E-state index contributed by atoms with van der Waals surface area (Å²) in [6, 6.07) is 20.9. The molecule has 1 unspecified atom stereocenters. The molecule has 1 aliphatic heterocycles. The van der Waals surface area contributed by atoms with Crippen LogP contribution in [0.3, 0.4) is 0 Å². The van der Waals surface area contributed by atoms with Gasteiger partial charge in [-0.05, 0) is 43.2 Å². The van der Waals surface area contributed by atoms with Crippen molar-refractivity contribution in [3.63, 3.8) is 0 Å². The maximum Gasteiger partial charge on any atom is 0.264 e. The van der Waals surface area contributed by atoms with Crippen LogP contribution < -0.4 is 0 Å². The molecule has 1 amide bonds. The third-order valence-electron chi connectivity index (χ3n) is 5.41. The van der Waals surface area contributed by atoms with Crippen molar-refractivity contribution in [3.05, 3.63) is 76.7 Å². The maximum absolute atomic E-state index is 13.0. The number of hydrogen-bond acceptors (Lipinski definition) is 3. The van der Waals surface area contributed by atoms with E-state index in [2.05, 4.69) is 55.5 Å². The number of thiophene rings is 1. The number of aryl methyl sites for hydroxylation is 1. The molecule has 1 atom stereocenters. The highest BCUT2D eigenvalue weighted by molar-refractivity contribution is 7.20. The number of rotatable bonds is 2. The van der Waals surface area contributed by atoms with Gasteiger partial charge in [-0.3, -0.25) is 4.79 Å². The van der Waals surface area contributed by atoms with Crippen molar-refractivity contribution in [3.8, 4) is 0 Å². The lowest BCUT2D eigenvalue weighted by Crippen LogP contribution is -2.27. The quantitative estimate of drug-likeness (QED) is 0.473. The summed E-state index contributed by atoms with van der Waals surface area (Å²) in [7, 11) is 0. The Hall–Kier alpha value is -2.72. The molecule has 0 aliphatic carbocycles. The second kappa shape index (κ2) is 6.46. The molecule has 1 fully saturated rings. The van der Waals surface area contributed by atoms with Crippen molar-refractivity contribution in [1.29, 1.82) is 0 Å². The first-order valence-corrected chi connectivity index (χ1v) is 10.1. The van der Waals surface area contributed by atoms with E-state index in [9.17, 15) is 4.79 Å². The van der Waals surface area contributed by atoms with Crippen LogP contribution >= 0.6 is 11.3 Å². The van der Waals surface area contributed by atoms with Crippen LogP contribution in [-0.4, -0.2) is 28.9 Å². The maximum atomic E-state index is 13.0. The number of nitrogens with zero attached hydrogens (tertiary/aromatic N) is 2. The Kier molecular flexibility index (Phi) is 3.94. The largest absolute Gasteiger partial charge is 0.337 e. The average Bonchev–Trinajstić information content (AvgIpc) is 3.33. The monoisotopic (exact) mass is 372 g/mol. The number of carbonyl (C=O) groups is 1. The molecular weight excluding hydrogens is 352 g/mol. The summed E-state index contributed by atoms with van der Waals surface area (Å²) >= 11 is 1.51. The van der Waals surface area contributed by atoms with E-state index in [0.717, 1.165) is 45.5 Å². The molecule has 4 heteroatoms. The number of fused-ring (bicyclic) bond motifs is 2. The van der Waals surface area contributed by atoms with Gasteiger partial charge in [0, 0.05) is 29.8 Å². The van der Waals surface area contributed by atoms with Crippen molar-refractivity contribution in [2.24, 2.45) is 0 Å². The fourth-order valence-electron chi connectivity index (χ4n) is 3.96. The van der Waals surface area contributed by atoms with E-state index in [1.165, 1.54) is 22.5 Å². The Morgan fingerprint density at radius 3 is 2.78 bits per heavy atom. The summed E-state index contributed by atoms with van der Waals surface area (Å²) < 4.78 is 0. The Labute approximate surface area is 162 Å². The molecule has 0 spiro atoms. The number of likely N-dealkylation sites (tertiary alicyclic amines) is 1. The highest BCUT2D eigenvalue weighted by atomic mass is 32.1. The molecule has 0 radical (unpaired) electrons. The van der Waals surface area contributed by atoms with Gasteiger partial charge < -0.3 is 4.90 Å². The van der Waals surface area contributed by atoms with Crippen molar-refractivity contribution < 1.29 is 4.79 Å². The van der Waals surface area contributed by atoms with Crippen molar-refractivity contribution >= 4 is 38.4 Å². The third kappa shape index (κ3) is 3.00. The molecule has 0 saturated carbocycles. The minimum atomic E-state index is 0.136. The van der Waals surface area contributed by atoms with Gasteiger partial charge in [-0.1, -0.05) is 42.0 Å². The first-order chi connectivity index (χ1) is 13.2. The van der Waals surface area contributed by atoms with E-state index < -0.39 is 0 Å². The lowest BCUT2D eigenvalue weighted by Gasteiger charge is -2.15. The van der Waals surface area contributed by atoms with Gasteiger partial charge in [-0.25, -0.2) is 4.98 Å². The van der Waals surface area contributed by atoms with Crippen molar-refractivity contribution in [1.82, 2.24) is 9.88 Å². The number of carbonyl (C=O) groups excluding carboxylic acids is 1. The van der Waals surface area contributed by atoms with E-state index in [4.69, 9.17) is 4.98 Å². The zero-order chi connectivity index (χ0) is 18.4. The molecule has 2 aromatic carbocycles. The molecule has 0 bridgehead atoms. The smallest absolute Gasteiger partial charge is 0.264 e. The molecule has 2 aromatic heterocycles. The number of benzene rings is 2. The Balaban J connectivity index is 1.43. The average molecular weight is 372 g/mol. The second-order valence-electron chi connectivity index (χ2n) is 7.34. The Morgan fingerprint density at radius 2 is 1.93 bits per heavy atom. The van der Waals surface area contributed by atoms with Crippen LogP contribution in [0.5, 0.6) is 0 Å². The van der Waals surface area contributed by atoms with E-state index in [1.807, 2.05) is 17.0 Å². The van der Waals surface area contributed by atoms with Crippen molar-refractivity contribution in [2.75, 3.05) is 13.1 Å². The fraction of sp³-hybridized carbons (Fsp3) is 0.217. The molecule has 3 nitrogen and oxygen atoms in total. The summed E-state index contributed by atoms with van der Waals surface area (Å²) in [4.78, 5) is 21.5. The first-order valence-electron chi connectivity index (χ1n) is 9.32. The van der Waals surface area contributed by atoms with Crippen LogP contribution in [0.4, 0.5) is 0 Å². The number of pyridine rings is 1. The number of hydrogen-bond donors (Lipinski definition) is 0. The molecule has 27 heavy (non-hydrogen) atoms. The molecule has 1 saturated heterocycles. The highest BCUT2D eigenvalue weighted by Gasteiger charge is 2.28. The van der Waals surface area contributed by atoms with Gasteiger partial charge in [-0.15, -0.1) is 11.3 Å². The fourth-order valence-corrected chi connectivity index (χ4v) is 4.95. The molecular formula is C23H20N2OS. The minimum absolute atomic E-state index is 0.136. The standard InChI is InChI=1S/C23H20N2OS/c1-15-7-8-20-18(11-15)12-19-13-21(27-22(19)24-20)23(26)25-10-9-17(14-25)16-5-3-2-4-6-16/h2-8,11-13,17H,9-10,14H2,1H3. The highest BCUT2D eigenvalue weighted by Crippen LogP contribution is 2.32. The van der Waals surface area contributed by atoms with Crippen molar-refractivity contribution in [2.45, 2.75) is 19.3 Å². The third-order valence-corrected chi connectivity index (χ3v) is 6.45. The lowest BCUT2D eigenvalue weighted by atomic mass is 9.99. The number of aromatic nitrogens is 1. The van der Waals surface area contributed by atoms with E-state index >= 15 is 0 Å². The molecule has 0 N–H and O–H groups in total. The van der Waals surface area contributed by atoms with Gasteiger partial charge in [0.05, 0.1) is 10.4 Å². The van der Waals surface area contributed by atoms with Gasteiger partial charge in [0.15, 0.2) is 0 Å². The summed E-state index contributed by atoms with van der Waals surface area (Å²) in [6.07, 6.45) is 1.03. The predicted octanol–water partition coefficient (Wildman–Crippen LogP) is 5.39. The van der Waals surface area contributed by atoms with Crippen LogP contribution in [0.2, 0.25) is 0 Å². The zero-order valence-electron chi connectivity index (χ0n) is 15.2. The van der Waals surface area contributed by atoms with Gasteiger partial charge in [0.2, 0.25) is 0 Å². The van der Waals surface area contributed by atoms with Gasteiger partial charge >= 0.3 is 0 Å². The minimum Gasteiger partial charge on any atom is -0.337 e. The van der Waals surface area contributed by atoms with E-state index in [0.29, 0.717) is 5.92 Å². The summed E-state index contributed by atoms with van der Waals surface area (Å²) in [5.74, 6) is 0.574. The lowest BCUT2D eigenvalue weighted by molar-refractivity contribution is 0.0795. The van der Waals surface area contributed by atoms with Crippen LogP contribution in [0, 0.1) is 6.92 Å². The molecule has 3 heterocycles. The SMILES string of the molecule is Cc1ccc2nc3sc(C(=O)N4CCC(c5ccccc5)C4)cc3cc2c1. The summed E-state index contributed by atoms with van der Waals surface area (Å²) in [6.45, 7) is 3.70. The van der Waals surface area contributed by atoms with E-state index in [1.54, 1.807) is 0 Å². The summed E-state index contributed by atoms with van der Waals surface area (Å²) in [5, 5.41) is 2.19. The molecule has 1 aliphatic rings. The van der Waals surface area contributed by atoms with Crippen LogP contribution in [0.1, 0.15) is 33.1 Å². The first kappa shape index (κ1) is 16.5. The Bertz CT molecular complexity index is 1150. The van der Waals surface area contributed by atoms with Crippen LogP contribution in [0.15, 0.2) is 60.7 Å². The molecule has 5 rings (SSSR count). The molecule has 4 aromatic rings. The van der Waals surface area contributed by atoms with Gasteiger partial charge in [0.1, 0.15) is 4.83 Å².